The summed E-state index contributed by atoms with van der Waals surface area (Å²) in [6.45, 7) is 4.42. The molecule has 0 aliphatic heterocycles. The Morgan fingerprint density at radius 1 is 0.274 bits per heavy atom. The van der Waals surface area contributed by atoms with Gasteiger partial charge < -0.3 is 15.5 Å². The zero-order chi connectivity index (χ0) is 52.7. The first-order chi connectivity index (χ1) is 36.2. The third-order valence-corrected chi connectivity index (χ3v) is 16.9. The molecule has 0 aliphatic carbocycles. The van der Waals surface area contributed by atoms with Crippen LogP contribution in [0.25, 0.3) is 0 Å². The SMILES string of the molecule is CCCCCCCCCCCCCCCCCCCCCCCCCCCCCCCCCC(O)C(CO)NC(=O)CCCCCCCCCCCCCCCCCCCCCCCCCCCCCCCC. The molecular formula is C69H139NO3. The molecule has 4 nitrogen and oxygen atoms in total. The summed E-state index contributed by atoms with van der Waals surface area (Å²) in [7, 11) is 0. The van der Waals surface area contributed by atoms with Gasteiger partial charge in [-0.3, -0.25) is 4.79 Å². The third-order valence-electron chi connectivity index (χ3n) is 16.9. The minimum absolute atomic E-state index is 0.0192. The lowest BCUT2D eigenvalue weighted by atomic mass is 10.0. The van der Waals surface area contributed by atoms with E-state index in [4.69, 9.17) is 0 Å². The van der Waals surface area contributed by atoms with Crippen LogP contribution in [0, 0.1) is 0 Å². The van der Waals surface area contributed by atoms with Gasteiger partial charge in [0.15, 0.2) is 0 Å². The van der Waals surface area contributed by atoms with E-state index < -0.39 is 12.1 Å². The molecule has 438 valence electrons. The minimum atomic E-state index is -0.656. The number of hydrogen-bond acceptors (Lipinski definition) is 3. The van der Waals surface area contributed by atoms with Crippen LogP contribution in [0.2, 0.25) is 0 Å². The van der Waals surface area contributed by atoms with Gasteiger partial charge in [-0.15, -0.1) is 0 Å². The lowest BCUT2D eigenvalue weighted by molar-refractivity contribution is -0.123. The van der Waals surface area contributed by atoms with E-state index in [0.29, 0.717) is 12.8 Å². The number of rotatable bonds is 66. The Balaban J connectivity index is 3.36. The molecule has 0 aromatic rings. The standard InChI is InChI=1S/C69H139NO3/c1-3-5-7-9-11-13-15-17-19-21-23-25-27-29-31-33-35-36-38-40-42-44-46-48-50-52-54-56-58-60-62-64-68(72)67(66-71)70-69(73)65-63-61-59-57-55-53-51-49-47-45-43-41-39-37-34-32-30-28-26-24-22-20-18-16-14-12-10-8-6-4-2/h67-68,71-72H,3-66H2,1-2H3,(H,70,73). The van der Waals surface area contributed by atoms with Crippen molar-refractivity contribution in [1.82, 2.24) is 5.32 Å². The van der Waals surface area contributed by atoms with Gasteiger partial charge in [0.05, 0.1) is 18.8 Å². The summed E-state index contributed by atoms with van der Waals surface area (Å²) < 4.78 is 0. The number of carbonyl (C=O) groups excluding carboxylic acids is 1. The second-order valence-corrected chi connectivity index (χ2v) is 24.3. The number of aliphatic hydroxyl groups is 2. The number of carbonyl (C=O) groups is 1. The molecule has 0 aliphatic rings. The van der Waals surface area contributed by atoms with Gasteiger partial charge in [0.1, 0.15) is 0 Å². The Labute approximate surface area is 461 Å². The molecule has 0 aromatic heterocycles. The van der Waals surface area contributed by atoms with Crippen molar-refractivity contribution in [1.29, 1.82) is 0 Å². The molecule has 4 heteroatoms. The molecule has 1 amide bonds. The van der Waals surface area contributed by atoms with E-state index in [2.05, 4.69) is 19.2 Å². The first-order valence-electron chi connectivity index (χ1n) is 34.7. The van der Waals surface area contributed by atoms with Crippen molar-refractivity contribution in [2.45, 2.75) is 431 Å². The first kappa shape index (κ1) is 72.4. The second-order valence-electron chi connectivity index (χ2n) is 24.3. The van der Waals surface area contributed by atoms with E-state index in [0.717, 1.165) is 25.7 Å². The Hall–Kier alpha value is -0.610. The highest BCUT2D eigenvalue weighted by Gasteiger charge is 2.20. The Morgan fingerprint density at radius 2 is 0.438 bits per heavy atom. The molecule has 0 spiro atoms. The highest BCUT2D eigenvalue weighted by molar-refractivity contribution is 5.76. The van der Waals surface area contributed by atoms with Crippen LogP contribution >= 0.6 is 0 Å². The van der Waals surface area contributed by atoms with Crippen LogP contribution in [0.5, 0.6) is 0 Å². The molecule has 0 aromatic carbocycles. The smallest absolute Gasteiger partial charge is 0.220 e. The average Bonchev–Trinajstić information content (AvgIpc) is 3.40. The van der Waals surface area contributed by atoms with E-state index >= 15 is 0 Å². The van der Waals surface area contributed by atoms with E-state index in [-0.39, 0.29) is 12.5 Å². The number of nitrogens with one attached hydrogen (secondary N) is 1. The minimum Gasteiger partial charge on any atom is -0.394 e. The molecular weight excluding hydrogens is 891 g/mol. The molecule has 0 heterocycles. The monoisotopic (exact) mass is 1030 g/mol. The van der Waals surface area contributed by atoms with Crippen LogP contribution in [0.1, 0.15) is 418 Å². The van der Waals surface area contributed by atoms with Gasteiger partial charge in [-0.25, -0.2) is 0 Å². The summed E-state index contributed by atoms with van der Waals surface area (Å²) in [5.41, 5.74) is 0. The summed E-state index contributed by atoms with van der Waals surface area (Å²) in [6, 6.07) is -0.533. The number of unbranched alkanes of at least 4 members (excludes halogenated alkanes) is 59. The fourth-order valence-corrected chi connectivity index (χ4v) is 11.6. The van der Waals surface area contributed by atoms with E-state index in [1.165, 1.54) is 366 Å². The topological polar surface area (TPSA) is 69.6 Å². The quantitative estimate of drug-likeness (QED) is 0.0532. The normalized spacial score (nSPS) is 12.5. The van der Waals surface area contributed by atoms with E-state index in [9.17, 15) is 15.0 Å². The molecule has 2 atom stereocenters. The van der Waals surface area contributed by atoms with Crippen molar-refractivity contribution in [2.24, 2.45) is 0 Å². The molecule has 0 radical (unpaired) electrons. The van der Waals surface area contributed by atoms with Crippen LogP contribution in [0.15, 0.2) is 0 Å². The number of aliphatic hydroxyl groups excluding tert-OH is 2. The van der Waals surface area contributed by atoms with Crippen molar-refractivity contribution in [3.05, 3.63) is 0 Å². The zero-order valence-corrected chi connectivity index (χ0v) is 50.7. The van der Waals surface area contributed by atoms with Crippen molar-refractivity contribution in [3.63, 3.8) is 0 Å². The van der Waals surface area contributed by atoms with Crippen LogP contribution in [-0.4, -0.2) is 34.9 Å². The van der Waals surface area contributed by atoms with Gasteiger partial charge in [0.25, 0.3) is 0 Å². The molecule has 0 rings (SSSR count). The average molecular weight is 1030 g/mol. The summed E-state index contributed by atoms with van der Waals surface area (Å²) in [4.78, 5) is 12.6. The maximum Gasteiger partial charge on any atom is 0.220 e. The summed E-state index contributed by atoms with van der Waals surface area (Å²) in [5, 5.41) is 23.5. The molecule has 0 saturated heterocycles. The lowest BCUT2D eigenvalue weighted by Gasteiger charge is -2.22. The molecule has 0 bridgehead atoms. The first-order valence-corrected chi connectivity index (χ1v) is 34.7. The zero-order valence-electron chi connectivity index (χ0n) is 50.7. The highest BCUT2D eigenvalue weighted by Crippen LogP contribution is 2.20. The molecule has 3 N–H and O–H groups in total. The number of amides is 1. The fourth-order valence-electron chi connectivity index (χ4n) is 11.6. The van der Waals surface area contributed by atoms with Crippen molar-refractivity contribution in [2.75, 3.05) is 6.61 Å². The maximum atomic E-state index is 12.6. The second kappa shape index (κ2) is 65.7. The number of hydrogen-bond donors (Lipinski definition) is 3. The van der Waals surface area contributed by atoms with Gasteiger partial charge in [-0.05, 0) is 12.8 Å². The largest absolute Gasteiger partial charge is 0.394 e. The highest BCUT2D eigenvalue weighted by atomic mass is 16.3. The lowest BCUT2D eigenvalue weighted by Crippen LogP contribution is -2.45. The van der Waals surface area contributed by atoms with E-state index in [1.807, 2.05) is 0 Å². The van der Waals surface area contributed by atoms with Crippen LogP contribution in [-0.2, 0) is 4.79 Å². The molecule has 73 heavy (non-hydrogen) atoms. The van der Waals surface area contributed by atoms with Crippen molar-refractivity contribution in [3.8, 4) is 0 Å². The van der Waals surface area contributed by atoms with Gasteiger partial charge in [0, 0.05) is 6.42 Å². The third kappa shape index (κ3) is 62.1. The maximum absolute atomic E-state index is 12.6. The van der Waals surface area contributed by atoms with Gasteiger partial charge in [0.2, 0.25) is 5.91 Å². The predicted octanol–water partition coefficient (Wildman–Crippen LogP) is 23.4. The molecule has 0 saturated carbocycles. The molecule has 2 unspecified atom stereocenters. The predicted molar refractivity (Wildman–Crippen MR) is 327 cm³/mol. The Morgan fingerprint density at radius 3 is 0.616 bits per heavy atom. The van der Waals surface area contributed by atoms with Crippen LogP contribution in [0.3, 0.4) is 0 Å². The van der Waals surface area contributed by atoms with Gasteiger partial charge in [-0.1, -0.05) is 399 Å². The summed E-state index contributed by atoms with van der Waals surface area (Å²) in [6.07, 6.45) is 85.9. The van der Waals surface area contributed by atoms with Crippen molar-refractivity contribution < 1.29 is 15.0 Å². The Kier molecular flexibility index (Phi) is 65.1. The summed E-state index contributed by atoms with van der Waals surface area (Å²) in [5.74, 6) is -0.0192. The summed E-state index contributed by atoms with van der Waals surface area (Å²) >= 11 is 0. The molecule has 0 fully saturated rings. The van der Waals surface area contributed by atoms with Crippen LogP contribution in [0.4, 0.5) is 0 Å². The van der Waals surface area contributed by atoms with Gasteiger partial charge >= 0.3 is 0 Å². The van der Waals surface area contributed by atoms with Crippen molar-refractivity contribution >= 4 is 5.91 Å². The van der Waals surface area contributed by atoms with E-state index in [1.54, 1.807) is 0 Å². The van der Waals surface area contributed by atoms with Gasteiger partial charge in [-0.2, -0.15) is 0 Å². The Bertz CT molecular complexity index is 987. The van der Waals surface area contributed by atoms with Crippen LogP contribution < -0.4 is 5.32 Å². The fraction of sp³-hybridized carbons (Fsp3) is 0.986.